The largest absolute Gasteiger partial charge is 0.508 e. The van der Waals surface area contributed by atoms with E-state index >= 15 is 0 Å². The summed E-state index contributed by atoms with van der Waals surface area (Å²) >= 11 is 0. The van der Waals surface area contributed by atoms with Crippen LogP contribution < -0.4 is 10.6 Å². The van der Waals surface area contributed by atoms with Crippen molar-refractivity contribution < 1.29 is 9.50 Å². The van der Waals surface area contributed by atoms with Crippen LogP contribution in [-0.2, 0) is 0 Å². The van der Waals surface area contributed by atoms with Crippen LogP contribution in [0, 0.1) is 5.82 Å². The molecule has 0 amide bonds. The van der Waals surface area contributed by atoms with Gasteiger partial charge in [-0.05, 0) is 18.2 Å². The zero-order valence-electron chi connectivity index (χ0n) is 7.76. The van der Waals surface area contributed by atoms with Gasteiger partial charge in [-0.3, -0.25) is 0 Å². The van der Waals surface area contributed by atoms with Crippen LogP contribution in [0.4, 0.5) is 4.39 Å². The van der Waals surface area contributed by atoms with Crippen molar-refractivity contribution in [3.63, 3.8) is 0 Å². The third-order valence-electron chi connectivity index (χ3n) is 2.41. The van der Waals surface area contributed by atoms with E-state index < -0.39 is 0 Å². The quantitative estimate of drug-likeness (QED) is 0.621. The first-order chi connectivity index (χ1) is 6.77. The number of piperazine rings is 1. The van der Waals surface area contributed by atoms with Crippen molar-refractivity contribution in [2.75, 3.05) is 19.6 Å². The average molecular weight is 196 g/mol. The Morgan fingerprint density at radius 3 is 2.93 bits per heavy atom. The van der Waals surface area contributed by atoms with E-state index in [-0.39, 0.29) is 17.6 Å². The van der Waals surface area contributed by atoms with Crippen molar-refractivity contribution >= 4 is 0 Å². The number of rotatable bonds is 1. The second-order valence-corrected chi connectivity index (χ2v) is 3.41. The molecule has 1 aliphatic heterocycles. The third-order valence-corrected chi connectivity index (χ3v) is 2.41. The average Bonchev–Trinajstić information content (AvgIpc) is 2.23. The molecule has 1 saturated heterocycles. The van der Waals surface area contributed by atoms with Crippen LogP contribution in [0.15, 0.2) is 18.2 Å². The van der Waals surface area contributed by atoms with Crippen molar-refractivity contribution in [1.82, 2.24) is 10.6 Å². The molecule has 14 heavy (non-hydrogen) atoms. The lowest BCUT2D eigenvalue weighted by atomic mass is 10.0. The van der Waals surface area contributed by atoms with Gasteiger partial charge in [-0.25, -0.2) is 4.39 Å². The van der Waals surface area contributed by atoms with E-state index in [1.54, 1.807) is 0 Å². The minimum atomic E-state index is -0.315. The molecule has 1 fully saturated rings. The molecule has 0 aromatic heterocycles. The molecule has 1 aliphatic rings. The molecule has 0 saturated carbocycles. The molecule has 0 aliphatic carbocycles. The number of nitrogens with one attached hydrogen (secondary N) is 2. The van der Waals surface area contributed by atoms with Gasteiger partial charge in [-0.2, -0.15) is 0 Å². The van der Waals surface area contributed by atoms with Crippen LogP contribution in [0.25, 0.3) is 0 Å². The van der Waals surface area contributed by atoms with Gasteiger partial charge >= 0.3 is 0 Å². The Balaban J connectivity index is 2.24. The zero-order valence-corrected chi connectivity index (χ0v) is 7.76. The summed E-state index contributed by atoms with van der Waals surface area (Å²) in [5.41, 5.74) is 0.622. The first-order valence-corrected chi connectivity index (χ1v) is 4.70. The van der Waals surface area contributed by atoms with Gasteiger partial charge in [0.2, 0.25) is 0 Å². The van der Waals surface area contributed by atoms with Crippen molar-refractivity contribution in [1.29, 1.82) is 0 Å². The lowest BCUT2D eigenvalue weighted by Crippen LogP contribution is -2.42. The topological polar surface area (TPSA) is 44.3 Å². The predicted molar refractivity (Wildman–Crippen MR) is 51.7 cm³/mol. The predicted octanol–water partition coefficient (Wildman–Crippen LogP) is 0.765. The molecule has 1 aromatic carbocycles. The molecule has 0 spiro atoms. The van der Waals surface area contributed by atoms with Crippen LogP contribution in [0.3, 0.4) is 0 Å². The second-order valence-electron chi connectivity index (χ2n) is 3.41. The van der Waals surface area contributed by atoms with Gasteiger partial charge in [-0.1, -0.05) is 0 Å². The van der Waals surface area contributed by atoms with Crippen LogP contribution in [0.5, 0.6) is 5.75 Å². The van der Waals surface area contributed by atoms with E-state index in [4.69, 9.17) is 0 Å². The first kappa shape index (κ1) is 9.43. The van der Waals surface area contributed by atoms with E-state index in [9.17, 15) is 9.50 Å². The van der Waals surface area contributed by atoms with Crippen LogP contribution in [0.1, 0.15) is 11.6 Å². The number of phenolic OH excluding ortho intramolecular Hbond substituents is 1. The summed E-state index contributed by atoms with van der Waals surface area (Å²) in [6.45, 7) is 2.46. The molecule has 1 atom stereocenters. The summed E-state index contributed by atoms with van der Waals surface area (Å²) in [4.78, 5) is 0. The summed E-state index contributed by atoms with van der Waals surface area (Å²) in [6.07, 6.45) is 0. The molecule has 0 radical (unpaired) electrons. The minimum Gasteiger partial charge on any atom is -0.508 e. The van der Waals surface area contributed by atoms with Crippen molar-refractivity contribution in [3.8, 4) is 5.75 Å². The molecular weight excluding hydrogens is 183 g/mol. The summed E-state index contributed by atoms with van der Waals surface area (Å²) in [5, 5.41) is 16.0. The number of phenols is 1. The van der Waals surface area contributed by atoms with E-state index in [1.165, 1.54) is 18.2 Å². The van der Waals surface area contributed by atoms with E-state index in [1.807, 2.05) is 0 Å². The number of hydrogen-bond donors (Lipinski definition) is 3. The van der Waals surface area contributed by atoms with Crippen LogP contribution >= 0.6 is 0 Å². The number of benzene rings is 1. The highest BCUT2D eigenvalue weighted by Crippen LogP contribution is 2.25. The molecule has 3 nitrogen and oxygen atoms in total. The highest BCUT2D eigenvalue weighted by molar-refractivity contribution is 5.35. The van der Waals surface area contributed by atoms with Gasteiger partial charge < -0.3 is 15.7 Å². The fourth-order valence-corrected chi connectivity index (χ4v) is 1.68. The maximum atomic E-state index is 12.9. The Labute approximate surface area is 81.9 Å². The van der Waals surface area contributed by atoms with Crippen molar-refractivity contribution in [2.45, 2.75) is 6.04 Å². The summed E-state index contributed by atoms with van der Waals surface area (Å²) < 4.78 is 12.9. The first-order valence-electron chi connectivity index (χ1n) is 4.70. The molecular formula is C10H13FN2O. The minimum absolute atomic E-state index is 0.000509. The van der Waals surface area contributed by atoms with Crippen molar-refractivity contribution in [2.24, 2.45) is 0 Å². The smallest absolute Gasteiger partial charge is 0.123 e. The van der Waals surface area contributed by atoms with Gasteiger partial charge in [0.25, 0.3) is 0 Å². The lowest BCUT2D eigenvalue weighted by molar-refractivity contribution is 0.402. The van der Waals surface area contributed by atoms with Gasteiger partial charge in [0, 0.05) is 31.2 Å². The van der Waals surface area contributed by atoms with Gasteiger partial charge in [-0.15, -0.1) is 0 Å². The number of aromatic hydroxyl groups is 1. The highest BCUT2D eigenvalue weighted by Gasteiger charge is 2.17. The Morgan fingerprint density at radius 2 is 2.21 bits per heavy atom. The van der Waals surface area contributed by atoms with Crippen LogP contribution in [-0.4, -0.2) is 24.7 Å². The monoisotopic (exact) mass is 196 g/mol. The van der Waals surface area contributed by atoms with Gasteiger partial charge in [0.15, 0.2) is 0 Å². The Bertz CT molecular complexity index is 324. The lowest BCUT2D eigenvalue weighted by Gasteiger charge is -2.25. The molecule has 1 aromatic rings. The van der Waals surface area contributed by atoms with E-state index in [0.29, 0.717) is 5.56 Å². The summed E-state index contributed by atoms with van der Waals surface area (Å²) in [7, 11) is 0. The standard InChI is InChI=1S/C10H13FN2O/c11-7-1-2-10(14)8(5-7)9-6-12-3-4-13-9/h1-2,5,9,12-14H,3-4,6H2/t9-/m1/s1. The molecule has 4 heteroatoms. The second kappa shape index (κ2) is 3.94. The SMILES string of the molecule is Oc1ccc(F)cc1[C@H]1CNCCN1. The summed E-state index contributed by atoms with van der Waals surface area (Å²) in [5.74, 6) is -0.169. The Hall–Kier alpha value is -1.13. The highest BCUT2D eigenvalue weighted by atomic mass is 19.1. The normalized spacial score (nSPS) is 22.2. The van der Waals surface area contributed by atoms with Gasteiger partial charge in [0.1, 0.15) is 11.6 Å². The molecule has 2 rings (SSSR count). The third kappa shape index (κ3) is 1.86. The fourth-order valence-electron chi connectivity index (χ4n) is 1.68. The van der Waals surface area contributed by atoms with Crippen LogP contribution in [0.2, 0.25) is 0 Å². The van der Waals surface area contributed by atoms with Gasteiger partial charge in [0.05, 0.1) is 0 Å². The molecule has 76 valence electrons. The molecule has 1 heterocycles. The van der Waals surface area contributed by atoms with E-state index in [2.05, 4.69) is 10.6 Å². The van der Waals surface area contributed by atoms with E-state index in [0.717, 1.165) is 19.6 Å². The molecule has 3 N–H and O–H groups in total. The molecule has 0 unspecified atom stereocenters. The Kier molecular flexibility index (Phi) is 2.65. The summed E-state index contributed by atoms with van der Waals surface area (Å²) in [6, 6.07) is 4.02. The fraction of sp³-hybridized carbons (Fsp3) is 0.400. The zero-order chi connectivity index (χ0) is 9.97. The maximum Gasteiger partial charge on any atom is 0.123 e. The number of halogens is 1. The Morgan fingerprint density at radius 1 is 1.36 bits per heavy atom. The maximum absolute atomic E-state index is 12.9. The molecule has 0 bridgehead atoms. The number of hydrogen-bond acceptors (Lipinski definition) is 3. The van der Waals surface area contributed by atoms with Crippen molar-refractivity contribution in [3.05, 3.63) is 29.6 Å².